The molecule has 0 spiro atoms. The highest BCUT2D eigenvalue weighted by Crippen LogP contribution is 2.14. The number of aromatic nitrogens is 2. The second-order valence-corrected chi connectivity index (χ2v) is 8.10. The summed E-state index contributed by atoms with van der Waals surface area (Å²) in [7, 11) is -3.03. The first-order valence-corrected chi connectivity index (χ1v) is 9.45. The lowest BCUT2D eigenvalue weighted by atomic mass is 10.2. The molecule has 1 unspecified atom stereocenters. The Hall–Kier alpha value is -1.74. The van der Waals surface area contributed by atoms with Crippen molar-refractivity contribution in [2.45, 2.75) is 19.4 Å². The van der Waals surface area contributed by atoms with Gasteiger partial charge in [-0.3, -0.25) is 4.79 Å². The van der Waals surface area contributed by atoms with Gasteiger partial charge in [-0.25, -0.2) is 18.4 Å². The number of amides is 1. The molecule has 0 radical (unpaired) electrons. The second kappa shape index (κ2) is 6.40. The zero-order valence-corrected chi connectivity index (χ0v) is 13.8. The maximum Gasteiger partial charge on any atom is 0.270 e. The smallest absolute Gasteiger partial charge is 0.270 e. The van der Waals surface area contributed by atoms with Crippen molar-refractivity contribution in [1.82, 2.24) is 15.3 Å². The van der Waals surface area contributed by atoms with E-state index in [1.54, 1.807) is 6.07 Å². The molecule has 3 heterocycles. The topological polar surface area (TPSA) is 101 Å². The highest BCUT2D eigenvalue weighted by Gasteiger charge is 2.29. The molecule has 2 aliphatic heterocycles. The van der Waals surface area contributed by atoms with E-state index in [1.807, 2.05) is 11.8 Å². The predicted molar refractivity (Wildman–Crippen MR) is 84.3 cm³/mol. The van der Waals surface area contributed by atoms with Crippen LogP contribution in [0, 0.1) is 6.92 Å². The third-order valence-electron chi connectivity index (χ3n) is 3.94. The zero-order valence-electron chi connectivity index (χ0n) is 13.0. The van der Waals surface area contributed by atoms with Crippen molar-refractivity contribution in [3.63, 3.8) is 0 Å². The average molecular weight is 340 g/mol. The number of hydrogen-bond acceptors (Lipinski definition) is 7. The summed E-state index contributed by atoms with van der Waals surface area (Å²) in [4.78, 5) is 23.1. The Labute approximate surface area is 135 Å². The minimum absolute atomic E-state index is 0.000866. The fourth-order valence-electron chi connectivity index (χ4n) is 2.74. The number of nitrogens with zero attached hydrogens (tertiary/aromatic N) is 3. The number of carbonyl (C=O) groups is 1. The molecule has 9 heteroatoms. The number of hydrogen-bond donors (Lipinski definition) is 1. The fraction of sp³-hybridized carbons (Fsp3) is 0.643. The summed E-state index contributed by atoms with van der Waals surface area (Å²) in [6.45, 7) is 4.40. The molecule has 1 atom stereocenters. The van der Waals surface area contributed by atoms with Crippen molar-refractivity contribution in [2.75, 3.05) is 42.7 Å². The molecule has 3 rings (SSSR count). The molecule has 2 aliphatic rings. The van der Waals surface area contributed by atoms with E-state index in [0.29, 0.717) is 44.4 Å². The Kier molecular flexibility index (Phi) is 4.49. The van der Waals surface area contributed by atoms with Gasteiger partial charge in [-0.05, 0) is 19.4 Å². The number of ether oxygens (including phenoxy) is 1. The largest absolute Gasteiger partial charge is 0.378 e. The van der Waals surface area contributed by atoms with Gasteiger partial charge < -0.3 is 15.0 Å². The third kappa shape index (κ3) is 3.97. The summed E-state index contributed by atoms with van der Waals surface area (Å²) in [5.74, 6) is 0.281. The number of anilines is 1. The summed E-state index contributed by atoms with van der Waals surface area (Å²) in [6.07, 6.45) is 0.453. The van der Waals surface area contributed by atoms with E-state index >= 15 is 0 Å². The van der Waals surface area contributed by atoms with Gasteiger partial charge in [0.25, 0.3) is 5.91 Å². The molecular weight excluding hydrogens is 320 g/mol. The predicted octanol–water partition coefficient (Wildman–Crippen LogP) is -0.461. The summed E-state index contributed by atoms with van der Waals surface area (Å²) in [6, 6.07) is 1.28. The van der Waals surface area contributed by atoms with E-state index in [4.69, 9.17) is 4.74 Å². The maximum absolute atomic E-state index is 12.4. The van der Waals surface area contributed by atoms with Gasteiger partial charge in [0, 0.05) is 24.8 Å². The number of carbonyl (C=O) groups excluding carboxylic acids is 1. The van der Waals surface area contributed by atoms with Gasteiger partial charge in [-0.15, -0.1) is 0 Å². The summed E-state index contributed by atoms with van der Waals surface area (Å²) < 4.78 is 28.3. The van der Waals surface area contributed by atoms with E-state index in [1.165, 1.54) is 0 Å². The zero-order chi connectivity index (χ0) is 16.4. The molecule has 0 saturated carbocycles. The van der Waals surface area contributed by atoms with Gasteiger partial charge in [-0.1, -0.05) is 0 Å². The molecule has 8 nitrogen and oxygen atoms in total. The maximum atomic E-state index is 12.4. The number of rotatable bonds is 3. The van der Waals surface area contributed by atoms with Crippen LogP contribution >= 0.6 is 0 Å². The molecule has 2 fully saturated rings. The molecule has 0 aliphatic carbocycles. The van der Waals surface area contributed by atoms with E-state index in [0.717, 1.165) is 0 Å². The first-order valence-electron chi connectivity index (χ1n) is 7.63. The van der Waals surface area contributed by atoms with Crippen LogP contribution in [-0.2, 0) is 14.6 Å². The van der Waals surface area contributed by atoms with E-state index < -0.39 is 9.84 Å². The molecular formula is C14H20N4O4S. The average Bonchev–Trinajstić information content (AvgIpc) is 2.86. The highest BCUT2D eigenvalue weighted by atomic mass is 32.2. The standard InChI is InChI=1S/C14H20N4O4S/c1-10-8-12(13(19)16-11-2-7-23(20,21)9-11)17-14(15-10)18-3-5-22-6-4-18/h8,11H,2-7,9H2,1H3,(H,16,19). The fourth-order valence-corrected chi connectivity index (χ4v) is 4.42. The van der Waals surface area contributed by atoms with Crippen molar-refractivity contribution in [1.29, 1.82) is 0 Å². The van der Waals surface area contributed by atoms with Crippen molar-refractivity contribution in [3.05, 3.63) is 17.5 Å². The number of nitrogens with one attached hydrogen (secondary N) is 1. The lowest BCUT2D eigenvalue weighted by Gasteiger charge is -2.27. The Balaban J connectivity index is 1.74. The first kappa shape index (κ1) is 16.1. The Morgan fingerprint density at radius 1 is 1.35 bits per heavy atom. The van der Waals surface area contributed by atoms with Crippen molar-refractivity contribution in [3.8, 4) is 0 Å². The lowest BCUT2D eigenvalue weighted by molar-refractivity contribution is 0.0935. The molecule has 1 N–H and O–H groups in total. The van der Waals surface area contributed by atoms with E-state index in [2.05, 4.69) is 15.3 Å². The van der Waals surface area contributed by atoms with Crippen LogP contribution in [-0.4, -0.2) is 68.1 Å². The van der Waals surface area contributed by atoms with Crippen LogP contribution in [0.25, 0.3) is 0 Å². The quantitative estimate of drug-likeness (QED) is 0.794. The van der Waals surface area contributed by atoms with E-state index in [9.17, 15) is 13.2 Å². The molecule has 1 aromatic heterocycles. The van der Waals surface area contributed by atoms with Crippen LogP contribution in [0.5, 0.6) is 0 Å². The minimum atomic E-state index is -3.03. The Bertz CT molecular complexity index is 701. The Morgan fingerprint density at radius 2 is 2.09 bits per heavy atom. The summed E-state index contributed by atoms with van der Waals surface area (Å²) >= 11 is 0. The van der Waals surface area contributed by atoms with Gasteiger partial charge in [0.1, 0.15) is 5.69 Å². The minimum Gasteiger partial charge on any atom is -0.378 e. The van der Waals surface area contributed by atoms with Gasteiger partial charge in [0.05, 0.1) is 24.7 Å². The third-order valence-corrected chi connectivity index (χ3v) is 5.70. The van der Waals surface area contributed by atoms with Crippen LogP contribution < -0.4 is 10.2 Å². The van der Waals surface area contributed by atoms with Gasteiger partial charge >= 0.3 is 0 Å². The SMILES string of the molecule is Cc1cc(C(=O)NC2CCS(=O)(=O)C2)nc(N2CCOCC2)n1. The highest BCUT2D eigenvalue weighted by molar-refractivity contribution is 7.91. The molecule has 0 bridgehead atoms. The monoisotopic (exact) mass is 340 g/mol. The molecule has 1 aromatic rings. The Morgan fingerprint density at radius 3 is 2.74 bits per heavy atom. The second-order valence-electron chi connectivity index (χ2n) is 5.87. The molecule has 23 heavy (non-hydrogen) atoms. The first-order chi connectivity index (χ1) is 10.9. The van der Waals surface area contributed by atoms with E-state index in [-0.39, 0.29) is 29.1 Å². The lowest BCUT2D eigenvalue weighted by Crippen LogP contribution is -2.39. The summed E-state index contributed by atoms with van der Waals surface area (Å²) in [5.41, 5.74) is 0.967. The van der Waals surface area contributed by atoms with Crippen LogP contribution in [0.3, 0.4) is 0 Å². The number of morpholine rings is 1. The number of sulfone groups is 1. The van der Waals surface area contributed by atoms with Gasteiger partial charge in [-0.2, -0.15) is 0 Å². The van der Waals surface area contributed by atoms with Crippen LogP contribution in [0.15, 0.2) is 6.07 Å². The molecule has 0 aromatic carbocycles. The van der Waals surface area contributed by atoms with Crippen LogP contribution in [0.1, 0.15) is 22.6 Å². The normalized spacial score (nSPS) is 23.7. The molecule has 2 saturated heterocycles. The van der Waals surface area contributed by atoms with Crippen molar-refractivity contribution >= 4 is 21.7 Å². The van der Waals surface area contributed by atoms with Crippen molar-refractivity contribution in [2.24, 2.45) is 0 Å². The van der Waals surface area contributed by atoms with Crippen molar-refractivity contribution < 1.29 is 17.9 Å². The van der Waals surface area contributed by atoms with Crippen LogP contribution in [0.4, 0.5) is 5.95 Å². The number of aryl methyl sites for hydroxylation is 1. The molecule has 126 valence electrons. The molecule has 1 amide bonds. The van der Waals surface area contributed by atoms with Gasteiger partial charge in [0.2, 0.25) is 5.95 Å². The van der Waals surface area contributed by atoms with Gasteiger partial charge in [0.15, 0.2) is 9.84 Å². The summed E-state index contributed by atoms with van der Waals surface area (Å²) in [5, 5.41) is 2.76. The van der Waals surface area contributed by atoms with Crippen LogP contribution in [0.2, 0.25) is 0 Å².